The number of rotatable bonds is 3. The fraction of sp³-hybridized carbons (Fsp3) is 0.615. The third-order valence-electron chi connectivity index (χ3n) is 3.01. The van der Waals surface area contributed by atoms with E-state index < -0.39 is 0 Å². The second-order valence-corrected chi connectivity index (χ2v) is 4.45. The van der Waals surface area contributed by atoms with Gasteiger partial charge in [-0.1, -0.05) is 0 Å². The summed E-state index contributed by atoms with van der Waals surface area (Å²) in [5.41, 5.74) is 0. The molecule has 6 nitrogen and oxygen atoms in total. The first-order chi connectivity index (χ1) is 9.19. The zero-order chi connectivity index (χ0) is 13.7. The van der Waals surface area contributed by atoms with E-state index >= 15 is 0 Å². The first-order valence-corrected chi connectivity index (χ1v) is 6.57. The van der Waals surface area contributed by atoms with Gasteiger partial charge in [-0.2, -0.15) is 4.98 Å². The largest absolute Gasteiger partial charge is 0.474 e. The Hall–Kier alpha value is -1.85. The standard InChI is InChI=1S/C13H19N3O3/c1-3-18-13(17)16-8-5-11(6-9-16)19-12-4-7-14-10(2)15-12/h4,7,11H,3,5-6,8-9H2,1-2H3. The molecular formula is C13H19N3O3. The van der Waals surface area contributed by atoms with Gasteiger partial charge in [-0.05, 0) is 13.8 Å². The Kier molecular flexibility index (Phi) is 4.54. The fourth-order valence-electron chi connectivity index (χ4n) is 2.04. The monoisotopic (exact) mass is 265 g/mol. The number of ether oxygens (including phenoxy) is 2. The molecule has 0 N–H and O–H groups in total. The van der Waals surface area contributed by atoms with Gasteiger partial charge in [0.1, 0.15) is 11.9 Å². The molecular weight excluding hydrogens is 246 g/mol. The molecule has 0 atom stereocenters. The third-order valence-corrected chi connectivity index (χ3v) is 3.01. The van der Waals surface area contributed by atoms with Crippen molar-refractivity contribution in [2.75, 3.05) is 19.7 Å². The number of aryl methyl sites for hydroxylation is 1. The van der Waals surface area contributed by atoms with Crippen LogP contribution < -0.4 is 4.74 Å². The van der Waals surface area contributed by atoms with Gasteiger partial charge in [-0.3, -0.25) is 0 Å². The van der Waals surface area contributed by atoms with Gasteiger partial charge in [0.05, 0.1) is 6.61 Å². The molecule has 1 saturated heterocycles. The lowest BCUT2D eigenvalue weighted by Gasteiger charge is -2.31. The number of amides is 1. The molecule has 2 heterocycles. The minimum Gasteiger partial charge on any atom is -0.474 e. The number of hydrogen-bond acceptors (Lipinski definition) is 5. The highest BCUT2D eigenvalue weighted by molar-refractivity contribution is 5.67. The highest BCUT2D eigenvalue weighted by Crippen LogP contribution is 2.17. The van der Waals surface area contributed by atoms with Gasteiger partial charge in [0.2, 0.25) is 5.88 Å². The van der Waals surface area contributed by atoms with Gasteiger partial charge in [-0.25, -0.2) is 9.78 Å². The fourth-order valence-corrected chi connectivity index (χ4v) is 2.04. The predicted molar refractivity (Wildman–Crippen MR) is 69.0 cm³/mol. The number of aromatic nitrogens is 2. The molecule has 1 amide bonds. The van der Waals surface area contributed by atoms with E-state index in [-0.39, 0.29) is 12.2 Å². The van der Waals surface area contributed by atoms with Gasteiger partial charge in [-0.15, -0.1) is 0 Å². The average Bonchev–Trinajstić information content (AvgIpc) is 2.40. The Morgan fingerprint density at radius 3 is 2.84 bits per heavy atom. The summed E-state index contributed by atoms with van der Waals surface area (Å²) in [5.74, 6) is 1.29. The molecule has 1 aromatic heterocycles. The quantitative estimate of drug-likeness (QED) is 0.833. The van der Waals surface area contributed by atoms with Crippen molar-refractivity contribution in [3.8, 4) is 5.88 Å². The van der Waals surface area contributed by atoms with Gasteiger partial charge in [0, 0.05) is 38.2 Å². The zero-order valence-corrected chi connectivity index (χ0v) is 11.3. The number of hydrogen-bond donors (Lipinski definition) is 0. The number of carbonyl (C=O) groups excluding carboxylic acids is 1. The Bertz CT molecular complexity index is 431. The second kappa shape index (κ2) is 6.36. The second-order valence-electron chi connectivity index (χ2n) is 4.45. The summed E-state index contributed by atoms with van der Waals surface area (Å²) >= 11 is 0. The first-order valence-electron chi connectivity index (χ1n) is 6.57. The van der Waals surface area contributed by atoms with Crippen LogP contribution in [0.4, 0.5) is 4.79 Å². The van der Waals surface area contributed by atoms with Gasteiger partial charge < -0.3 is 14.4 Å². The lowest BCUT2D eigenvalue weighted by atomic mass is 10.1. The molecule has 6 heteroatoms. The lowest BCUT2D eigenvalue weighted by Crippen LogP contribution is -2.42. The minimum absolute atomic E-state index is 0.0972. The van der Waals surface area contributed by atoms with Crippen LogP contribution in [0.3, 0.4) is 0 Å². The molecule has 0 saturated carbocycles. The van der Waals surface area contributed by atoms with Crippen LogP contribution in [0.25, 0.3) is 0 Å². The highest BCUT2D eigenvalue weighted by Gasteiger charge is 2.24. The van der Waals surface area contributed by atoms with Crippen LogP contribution >= 0.6 is 0 Å². The van der Waals surface area contributed by atoms with E-state index in [0.717, 1.165) is 12.8 Å². The van der Waals surface area contributed by atoms with Crippen LogP contribution in [0.15, 0.2) is 12.3 Å². The first kappa shape index (κ1) is 13.6. The van der Waals surface area contributed by atoms with Crippen LogP contribution in [-0.2, 0) is 4.74 Å². The van der Waals surface area contributed by atoms with Crippen molar-refractivity contribution in [2.45, 2.75) is 32.8 Å². The SMILES string of the molecule is CCOC(=O)N1CCC(Oc2ccnc(C)n2)CC1. The number of nitrogens with zero attached hydrogens (tertiary/aromatic N) is 3. The maximum absolute atomic E-state index is 11.6. The maximum Gasteiger partial charge on any atom is 0.409 e. The maximum atomic E-state index is 11.6. The normalized spacial score (nSPS) is 16.2. The van der Waals surface area contributed by atoms with E-state index in [1.165, 1.54) is 0 Å². The summed E-state index contributed by atoms with van der Waals surface area (Å²) in [6.45, 7) is 5.37. The molecule has 1 fully saturated rings. The zero-order valence-electron chi connectivity index (χ0n) is 11.3. The van der Waals surface area contributed by atoms with E-state index in [1.54, 1.807) is 17.2 Å². The van der Waals surface area contributed by atoms with E-state index in [2.05, 4.69) is 9.97 Å². The van der Waals surface area contributed by atoms with Crippen molar-refractivity contribution in [3.05, 3.63) is 18.1 Å². The van der Waals surface area contributed by atoms with E-state index in [1.807, 2.05) is 13.8 Å². The molecule has 1 aromatic rings. The smallest absolute Gasteiger partial charge is 0.409 e. The van der Waals surface area contributed by atoms with Crippen LogP contribution in [0.2, 0.25) is 0 Å². The number of carbonyl (C=O) groups is 1. The van der Waals surface area contributed by atoms with Crippen LogP contribution in [0.5, 0.6) is 5.88 Å². The molecule has 0 aliphatic carbocycles. The lowest BCUT2D eigenvalue weighted by molar-refractivity contribution is 0.0687. The summed E-state index contributed by atoms with van der Waals surface area (Å²) in [6.07, 6.45) is 3.13. The Balaban J connectivity index is 1.82. The van der Waals surface area contributed by atoms with Gasteiger partial charge in [0.15, 0.2) is 0 Å². The molecule has 0 radical (unpaired) electrons. The summed E-state index contributed by atoms with van der Waals surface area (Å²) < 4.78 is 10.8. The molecule has 0 spiro atoms. The van der Waals surface area contributed by atoms with Crippen molar-refractivity contribution >= 4 is 6.09 Å². The molecule has 104 valence electrons. The van der Waals surface area contributed by atoms with Crippen LogP contribution in [-0.4, -0.2) is 46.8 Å². The van der Waals surface area contributed by atoms with Gasteiger partial charge >= 0.3 is 6.09 Å². The summed E-state index contributed by atoms with van der Waals surface area (Å²) in [5, 5.41) is 0. The summed E-state index contributed by atoms with van der Waals surface area (Å²) in [4.78, 5) is 21.5. The van der Waals surface area contributed by atoms with Crippen LogP contribution in [0, 0.1) is 6.92 Å². The Labute approximate surface area is 112 Å². The molecule has 0 unspecified atom stereocenters. The molecule has 0 bridgehead atoms. The third kappa shape index (κ3) is 3.81. The molecule has 2 rings (SSSR count). The number of piperidine rings is 1. The van der Waals surface area contributed by atoms with Crippen molar-refractivity contribution in [1.29, 1.82) is 0 Å². The molecule has 1 aliphatic rings. The van der Waals surface area contributed by atoms with E-state index in [9.17, 15) is 4.79 Å². The topological polar surface area (TPSA) is 64.5 Å². The van der Waals surface area contributed by atoms with Crippen molar-refractivity contribution in [1.82, 2.24) is 14.9 Å². The minimum atomic E-state index is -0.237. The number of likely N-dealkylation sites (tertiary alicyclic amines) is 1. The summed E-state index contributed by atoms with van der Waals surface area (Å²) in [7, 11) is 0. The van der Waals surface area contributed by atoms with Crippen molar-refractivity contribution < 1.29 is 14.3 Å². The molecule has 0 aromatic carbocycles. The molecule has 1 aliphatic heterocycles. The Morgan fingerprint density at radius 2 is 2.21 bits per heavy atom. The van der Waals surface area contributed by atoms with Gasteiger partial charge in [0.25, 0.3) is 0 Å². The predicted octanol–water partition coefficient (Wildman–Crippen LogP) is 1.78. The van der Waals surface area contributed by atoms with E-state index in [0.29, 0.717) is 31.4 Å². The van der Waals surface area contributed by atoms with Crippen molar-refractivity contribution in [3.63, 3.8) is 0 Å². The average molecular weight is 265 g/mol. The van der Waals surface area contributed by atoms with Crippen molar-refractivity contribution in [2.24, 2.45) is 0 Å². The Morgan fingerprint density at radius 1 is 1.47 bits per heavy atom. The highest BCUT2D eigenvalue weighted by atomic mass is 16.6. The molecule has 19 heavy (non-hydrogen) atoms. The van der Waals surface area contributed by atoms with E-state index in [4.69, 9.17) is 9.47 Å². The van der Waals surface area contributed by atoms with Crippen LogP contribution in [0.1, 0.15) is 25.6 Å². The summed E-state index contributed by atoms with van der Waals surface area (Å²) in [6, 6.07) is 1.75.